The van der Waals surface area contributed by atoms with Crippen LogP contribution in [-0.2, 0) is 11.0 Å². The van der Waals surface area contributed by atoms with Crippen molar-refractivity contribution in [2.45, 2.75) is 6.18 Å². The highest BCUT2D eigenvalue weighted by Gasteiger charge is 2.33. The molecule has 2 aromatic carbocycles. The molecule has 0 unspecified atom stereocenters. The van der Waals surface area contributed by atoms with Gasteiger partial charge in [0.05, 0.1) is 16.1 Å². The number of para-hydroxylation sites is 1. The molecule has 0 aliphatic carbocycles. The van der Waals surface area contributed by atoms with E-state index in [4.69, 9.17) is 11.6 Å². The molecule has 158 valence electrons. The van der Waals surface area contributed by atoms with Gasteiger partial charge in [0.25, 0.3) is 5.91 Å². The molecular weight excluding hydrogens is 421 g/mol. The molecule has 9 heteroatoms. The molecule has 1 aliphatic heterocycles. The molecule has 1 heterocycles. The highest BCUT2D eigenvalue weighted by Crippen LogP contribution is 2.35. The Morgan fingerprint density at radius 2 is 1.63 bits per heavy atom. The number of phenolic OH excluding ortho intramolecular Hbond substituents is 1. The Hall–Kier alpha value is -3.00. The van der Waals surface area contributed by atoms with Crippen molar-refractivity contribution in [3.05, 3.63) is 70.3 Å². The van der Waals surface area contributed by atoms with Crippen LogP contribution in [0.5, 0.6) is 5.75 Å². The van der Waals surface area contributed by atoms with E-state index in [9.17, 15) is 27.9 Å². The number of rotatable bonds is 3. The number of aromatic hydroxyl groups is 1. The van der Waals surface area contributed by atoms with Gasteiger partial charge in [-0.2, -0.15) is 13.2 Å². The minimum atomic E-state index is -4.58. The highest BCUT2D eigenvalue weighted by atomic mass is 35.5. The number of alkyl halides is 3. The van der Waals surface area contributed by atoms with Crippen LogP contribution in [0.15, 0.2) is 48.5 Å². The first-order valence-corrected chi connectivity index (χ1v) is 9.45. The summed E-state index contributed by atoms with van der Waals surface area (Å²) in [5.74, 6) is -0.796. The lowest BCUT2D eigenvalue weighted by Crippen LogP contribution is -2.50. The average Bonchev–Trinajstić information content (AvgIpc) is 2.72. The molecule has 3 rings (SSSR count). The molecule has 0 atom stereocenters. The topological polar surface area (TPSA) is 60.9 Å². The Morgan fingerprint density at radius 1 is 1.00 bits per heavy atom. The fourth-order valence-electron chi connectivity index (χ4n) is 3.09. The van der Waals surface area contributed by atoms with Gasteiger partial charge < -0.3 is 14.9 Å². The summed E-state index contributed by atoms with van der Waals surface area (Å²) in [4.78, 5) is 27.9. The van der Waals surface area contributed by atoms with Gasteiger partial charge in [0.15, 0.2) is 0 Å². The Kier molecular flexibility index (Phi) is 6.36. The molecule has 2 amide bonds. The summed E-state index contributed by atoms with van der Waals surface area (Å²) in [6.45, 7) is 1.12. The Labute approximate surface area is 176 Å². The normalized spacial score (nSPS) is 14.9. The van der Waals surface area contributed by atoms with Crippen molar-refractivity contribution in [1.82, 2.24) is 9.80 Å². The second-order valence-electron chi connectivity index (χ2n) is 6.71. The first kappa shape index (κ1) is 21.7. The summed E-state index contributed by atoms with van der Waals surface area (Å²) < 4.78 is 38.8. The van der Waals surface area contributed by atoms with Gasteiger partial charge in [-0.15, -0.1) is 0 Å². The second kappa shape index (κ2) is 8.79. The van der Waals surface area contributed by atoms with Gasteiger partial charge in [-0.05, 0) is 35.9 Å². The molecule has 5 nitrogen and oxygen atoms in total. The van der Waals surface area contributed by atoms with Crippen LogP contribution in [0.25, 0.3) is 6.08 Å². The zero-order valence-electron chi connectivity index (χ0n) is 15.7. The van der Waals surface area contributed by atoms with Gasteiger partial charge in [-0.1, -0.05) is 29.8 Å². The van der Waals surface area contributed by atoms with Crippen molar-refractivity contribution in [3.63, 3.8) is 0 Å². The minimum absolute atomic E-state index is 0.106. The number of benzene rings is 2. The summed E-state index contributed by atoms with van der Waals surface area (Å²) >= 11 is 5.59. The first-order valence-electron chi connectivity index (χ1n) is 9.08. The molecule has 0 radical (unpaired) electrons. The molecular formula is C21H18ClF3N2O3. The van der Waals surface area contributed by atoms with Crippen LogP contribution in [0.2, 0.25) is 5.02 Å². The SMILES string of the molecule is O=C(/C=C/c1ccc(Cl)c(C(F)(F)F)c1)N1CCN(C(=O)c2ccccc2O)CC1. The third-order valence-electron chi connectivity index (χ3n) is 4.73. The van der Waals surface area contributed by atoms with Crippen molar-refractivity contribution in [2.75, 3.05) is 26.2 Å². The maximum Gasteiger partial charge on any atom is 0.417 e. The van der Waals surface area contributed by atoms with E-state index in [2.05, 4.69) is 0 Å². The zero-order valence-corrected chi connectivity index (χ0v) is 16.5. The van der Waals surface area contributed by atoms with E-state index in [0.29, 0.717) is 0 Å². The lowest BCUT2D eigenvalue weighted by atomic mass is 10.1. The van der Waals surface area contributed by atoms with Gasteiger partial charge in [-0.3, -0.25) is 9.59 Å². The number of carbonyl (C=O) groups excluding carboxylic acids is 2. The average molecular weight is 439 g/mol. The number of phenols is 1. The predicted octanol–water partition coefficient (Wildman–Crippen LogP) is 4.06. The Bertz CT molecular complexity index is 984. The van der Waals surface area contributed by atoms with Crippen molar-refractivity contribution < 1.29 is 27.9 Å². The standard InChI is InChI=1S/C21H18ClF3N2O3/c22-17-7-5-14(13-16(17)21(23,24)25)6-8-19(29)26-9-11-27(12-10-26)20(30)15-3-1-2-4-18(15)28/h1-8,13,28H,9-12H2/b8-6+. The molecule has 1 N–H and O–H groups in total. The van der Waals surface area contributed by atoms with E-state index in [1.807, 2.05) is 0 Å². The zero-order chi connectivity index (χ0) is 21.9. The van der Waals surface area contributed by atoms with E-state index in [-0.39, 0.29) is 54.9 Å². The molecule has 30 heavy (non-hydrogen) atoms. The third kappa shape index (κ3) is 4.94. The van der Waals surface area contributed by atoms with Crippen LogP contribution in [-0.4, -0.2) is 52.9 Å². The number of amides is 2. The van der Waals surface area contributed by atoms with E-state index in [1.165, 1.54) is 40.2 Å². The molecule has 0 saturated carbocycles. The van der Waals surface area contributed by atoms with Gasteiger partial charge in [0.1, 0.15) is 5.75 Å². The van der Waals surface area contributed by atoms with Crippen LogP contribution in [0.1, 0.15) is 21.5 Å². The largest absolute Gasteiger partial charge is 0.507 e. The maximum atomic E-state index is 12.9. The molecule has 1 saturated heterocycles. The number of halogens is 4. The monoisotopic (exact) mass is 438 g/mol. The minimum Gasteiger partial charge on any atom is -0.507 e. The van der Waals surface area contributed by atoms with Crippen molar-refractivity contribution >= 4 is 29.5 Å². The van der Waals surface area contributed by atoms with E-state index in [0.717, 1.165) is 12.1 Å². The summed E-state index contributed by atoms with van der Waals surface area (Å²) in [6, 6.07) is 9.64. The van der Waals surface area contributed by atoms with E-state index < -0.39 is 16.8 Å². The van der Waals surface area contributed by atoms with Crippen LogP contribution in [0, 0.1) is 0 Å². The Balaban J connectivity index is 1.61. The van der Waals surface area contributed by atoms with Crippen LogP contribution < -0.4 is 0 Å². The molecule has 1 aliphatic rings. The molecule has 0 spiro atoms. The van der Waals surface area contributed by atoms with Crippen molar-refractivity contribution in [1.29, 1.82) is 0 Å². The second-order valence-corrected chi connectivity index (χ2v) is 7.11. The predicted molar refractivity (Wildman–Crippen MR) is 106 cm³/mol. The number of carbonyl (C=O) groups is 2. The van der Waals surface area contributed by atoms with Gasteiger partial charge in [-0.25, -0.2) is 0 Å². The smallest absolute Gasteiger partial charge is 0.417 e. The van der Waals surface area contributed by atoms with Gasteiger partial charge in [0.2, 0.25) is 5.91 Å². The van der Waals surface area contributed by atoms with E-state index >= 15 is 0 Å². The highest BCUT2D eigenvalue weighted by molar-refractivity contribution is 6.31. The summed E-state index contributed by atoms with van der Waals surface area (Å²) in [7, 11) is 0. The Morgan fingerprint density at radius 3 is 2.27 bits per heavy atom. The maximum absolute atomic E-state index is 12.9. The van der Waals surface area contributed by atoms with Crippen molar-refractivity contribution in [3.8, 4) is 5.75 Å². The molecule has 2 aromatic rings. The number of hydrogen-bond acceptors (Lipinski definition) is 3. The molecule has 1 fully saturated rings. The fraction of sp³-hybridized carbons (Fsp3) is 0.238. The lowest BCUT2D eigenvalue weighted by Gasteiger charge is -2.34. The number of hydrogen-bond donors (Lipinski definition) is 1. The molecule has 0 aromatic heterocycles. The van der Waals surface area contributed by atoms with Gasteiger partial charge in [0, 0.05) is 32.3 Å². The summed E-state index contributed by atoms with van der Waals surface area (Å²) in [5.41, 5.74) is -0.566. The summed E-state index contributed by atoms with van der Waals surface area (Å²) in [6.07, 6.45) is -2.08. The van der Waals surface area contributed by atoms with Crippen molar-refractivity contribution in [2.24, 2.45) is 0 Å². The number of piperazine rings is 1. The van der Waals surface area contributed by atoms with Crippen LogP contribution >= 0.6 is 11.6 Å². The lowest BCUT2D eigenvalue weighted by molar-refractivity contribution is -0.137. The van der Waals surface area contributed by atoms with Gasteiger partial charge >= 0.3 is 6.18 Å². The number of nitrogens with zero attached hydrogens (tertiary/aromatic N) is 2. The first-order chi connectivity index (χ1) is 14.2. The van der Waals surface area contributed by atoms with Crippen LogP contribution in [0.3, 0.4) is 0 Å². The van der Waals surface area contributed by atoms with Crippen LogP contribution in [0.4, 0.5) is 13.2 Å². The quantitative estimate of drug-likeness (QED) is 0.735. The third-order valence-corrected chi connectivity index (χ3v) is 5.06. The molecule has 0 bridgehead atoms. The van der Waals surface area contributed by atoms with E-state index in [1.54, 1.807) is 12.1 Å². The summed E-state index contributed by atoms with van der Waals surface area (Å²) in [5, 5.41) is 9.41. The fourth-order valence-corrected chi connectivity index (χ4v) is 3.32.